The number of furan rings is 1. The van der Waals surface area contributed by atoms with Gasteiger partial charge in [0, 0.05) is 30.8 Å². The smallest absolute Gasteiger partial charge is 0.123 e. The van der Waals surface area contributed by atoms with Crippen molar-refractivity contribution in [1.29, 1.82) is 0 Å². The molecule has 0 bridgehead atoms. The van der Waals surface area contributed by atoms with E-state index in [2.05, 4.69) is 11.0 Å². The predicted molar refractivity (Wildman–Crippen MR) is 96.3 cm³/mol. The molecule has 0 amide bonds. The van der Waals surface area contributed by atoms with E-state index < -0.39 is 0 Å². The lowest BCUT2D eigenvalue weighted by molar-refractivity contribution is 0.0847. The number of nitrogens with zero attached hydrogens (tertiary/aromatic N) is 1. The highest BCUT2D eigenvalue weighted by Gasteiger charge is 2.24. The molecule has 0 unspecified atom stereocenters. The number of aliphatic hydroxyl groups is 1. The third-order valence-electron chi connectivity index (χ3n) is 5.57. The maximum atomic E-state index is 10.8. The SMILES string of the molecule is O[C@H](c1ccc2c(c1)CN(Cc1ccoc1)CCO2)C1CCCCC1. The summed E-state index contributed by atoms with van der Waals surface area (Å²) in [6.45, 7) is 3.27. The molecule has 2 aliphatic rings. The normalized spacial score (nSPS) is 20.5. The predicted octanol–water partition coefficient (Wildman–Crippen LogP) is 4.29. The summed E-state index contributed by atoms with van der Waals surface area (Å²) < 4.78 is 11.1. The standard InChI is InChI=1S/C21H27NO3/c23-21(17-4-2-1-3-5-17)18-6-7-20-19(12-18)14-22(9-11-25-20)13-16-8-10-24-15-16/h6-8,10,12,15,17,21,23H,1-5,9,11,13-14H2/t21-/m0/s1. The van der Waals surface area contributed by atoms with Gasteiger partial charge in [0.25, 0.3) is 0 Å². The molecule has 0 saturated heterocycles. The molecule has 1 aromatic heterocycles. The minimum Gasteiger partial charge on any atom is -0.492 e. The molecule has 1 aliphatic carbocycles. The average molecular weight is 341 g/mol. The summed E-state index contributed by atoms with van der Waals surface area (Å²) in [6.07, 6.45) is 9.25. The molecular weight excluding hydrogens is 314 g/mol. The fourth-order valence-electron chi connectivity index (χ4n) is 4.15. The van der Waals surface area contributed by atoms with E-state index in [9.17, 15) is 5.11 Å². The van der Waals surface area contributed by atoms with Crippen LogP contribution in [0.1, 0.15) is 54.9 Å². The van der Waals surface area contributed by atoms with E-state index in [0.717, 1.165) is 43.8 Å². The first-order chi connectivity index (χ1) is 12.3. The first-order valence-corrected chi connectivity index (χ1v) is 9.47. The van der Waals surface area contributed by atoms with Crippen molar-refractivity contribution in [2.75, 3.05) is 13.2 Å². The van der Waals surface area contributed by atoms with Crippen molar-refractivity contribution in [2.45, 2.75) is 51.3 Å². The summed E-state index contributed by atoms with van der Waals surface area (Å²) in [4.78, 5) is 2.37. The van der Waals surface area contributed by atoms with Crippen LogP contribution in [0.4, 0.5) is 0 Å². The lowest BCUT2D eigenvalue weighted by Crippen LogP contribution is -2.25. The Balaban J connectivity index is 1.50. The number of ether oxygens (including phenoxy) is 1. The van der Waals surface area contributed by atoms with E-state index in [1.165, 1.54) is 30.4 Å². The number of fused-ring (bicyclic) bond motifs is 1. The quantitative estimate of drug-likeness (QED) is 0.901. The number of rotatable bonds is 4. The van der Waals surface area contributed by atoms with Gasteiger partial charge in [0.1, 0.15) is 12.4 Å². The van der Waals surface area contributed by atoms with Crippen LogP contribution in [-0.4, -0.2) is 23.2 Å². The van der Waals surface area contributed by atoms with Gasteiger partial charge in [-0.05, 0) is 42.5 Å². The molecular formula is C21H27NO3. The number of benzene rings is 1. The maximum absolute atomic E-state index is 10.8. The molecule has 2 heterocycles. The molecule has 4 nitrogen and oxygen atoms in total. The van der Waals surface area contributed by atoms with E-state index in [1.54, 1.807) is 12.5 Å². The Morgan fingerprint density at radius 1 is 1.16 bits per heavy atom. The second kappa shape index (κ2) is 7.63. The first kappa shape index (κ1) is 16.7. The summed E-state index contributed by atoms with van der Waals surface area (Å²) in [6, 6.07) is 8.25. The van der Waals surface area contributed by atoms with E-state index in [-0.39, 0.29) is 6.10 Å². The Bertz CT molecular complexity index is 676. The van der Waals surface area contributed by atoms with Crippen LogP contribution in [0.2, 0.25) is 0 Å². The second-order valence-electron chi connectivity index (χ2n) is 7.40. The fraction of sp³-hybridized carbons (Fsp3) is 0.524. The van der Waals surface area contributed by atoms with Crippen molar-refractivity contribution in [3.05, 3.63) is 53.5 Å². The minimum absolute atomic E-state index is 0.351. The average Bonchev–Trinajstić information content (AvgIpc) is 3.07. The van der Waals surface area contributed by atoms with Gasteiger partial charge in [0.15, 0.2) is 0 Å². The molecule has 1 saturated carbocycles. The lowest BCUT2D eigenvalue weighted by atomic mass is 9.82. The molecule has 1 N–H and O–H groups in total. The third kappa shape index (κ3) is 3.91. The van der Waals surface area contributed by atoms with Crippen molar-refractivity contribution in [3.63, 3.8) is 0 Å². The highest BCUT2D eigenvalue weighted by atomic mass is 16.5. The molecule has 4 heteroatoms. The Morgan fingerprint density at radius 2 is 2.04 bits per heavy atom. The molecule has 2 aromatic rings. The van der Waals surface area contributed by atoms with Gasteiger partial charge in [-0.1, -0.05) is 25.3 Å². The zero-order valence-electron chi connectivity index (χ0n) is 14.7. The van der Waals surface area contributed by atoms with Crippen molar-refractivity contribution in [1.82, 2.24) is 4.90 Å². The van der Waals surface area contributed by atoms with Crippen LogP contribution in [0.3, 0.4) is 0 Å². The van der Waals surface area contributed by atoms with Gasteiger partial charge in [-0.2, -0.15) is 0 Å². The molecule has 1 aliphatic heterocycles. The van der Waals surface area contributed by atoms with Crippen LogP contribution >= 0.6 is 0 Å². The highest BCUT2D eigenvalue weighted by molar-refractivity contribution is 5.39. The molecule has 0 radical (unpaired) electrons. The van der Waals surface area contributed by atoms with E-state index in [1.807, 2.05) is 18.2 Å². The zero-order chi connectivity index (χ0) is 17.1. The van der Waals surface area contributed by atoms with Crippen molar-refractivity contribution in [3.8, 4) is 5.75 Å². The van der Waals surface area contributed by atoms with Crippen molar-refractivity contribution < 1.29 is 14.3 Å². The number of aliphatic hydroxyl groups excluding tert-OH is 1. The topological polar surface area (TPSA) is 45.8 Å². The summed E-state index contributed by atoms with van der Waals surface area (Å²) in [7, 11) is 0. The van der Waals surface area contributed by atoms with Crippen LogP contribution in [0.5, 0.6) is 5.75 Å². The highest BCUT2D eigenvalue weighted by Crippen LogP contribution is 2.36. The molecule has 1 fully saturated rings. The zero-order valence-corrected chi connectivity index (χ0v) is 14.7. The van der Waals surface area contributed by atoms with Crippen LogP contribution in [0.25, 0.3) is 0 Å². The minimum atomic E-state index is -0.351. The second-order valence-corrected chi connectivity index (χ2v) is 7.40. The van der Waals surface area contributed by atoms with Gasteiger partial charge < -0.3 is 14.3 Å². The van der Waals surface area contributed by atoms with E-state index >= 15 is 0 Å². The van der Waals surface area contributed by atoms with Gasteiger partial charge >= 0.3 is 0 Å². The molecule has 0 spiro atoms. The van der Waals surface area contributed by atoms with Crippen LogP contribution < -0.4 is 4.74 Å². The van der Waals surface area contributed by atoms with Crippen molar-refractivity contribution in [2.24, 2.45) is 5.92 Å². The number of hydrogen-bond donors (Lipinski definition) is 1. The van der Waals surface area contributed by atoms with Gasteiger partial charge in [0.2, 0.25) is 0 Å². The summed E-state index contributed by atoms with van der Waals surface area (Å²) >= 11 is 0. The van der Waals surface area contributed by atoms with Gasteiger partial charge in [-0.3, -0.25) is 4.90 Å². The van der Waals surface area contributed by atoms with Gasteiger partial charge in [0.05, 0.1) is 18.6 Å². The Morgan fingerprint density at radius 3 is 2.84 bits per heavy atom. The first-order valence-electron chi connectivity index (χ1n) is 9.47. The molecule has 134 valence electrons. The van der Waals surface area contributed by atoms with Gasteiger partial charge in [-0.15, -0.1) is 0 Å². The summed E-state index contributed by atoms with van der Waals surface area (Å²) in [5, 5.41) is 10.8. The van der Waals surface area contributed by atoms with Crippen molar-refractivity contribution >= 4 is 0 Å². The van der Waals surface area contributed by atoms with Crippen LogP contribution in [0, 0.1) is 5.92 Å². The maximum Gasteiger partial charge on any atom is 0.123 e. The Labute approximate surface area is 149 Å². The molecule has 25 heavy (non-hydrogen) atoms. The summed E-state index contributed by atoms with van der Waals surface area (Å²) in [5.74, 6) is 1.36. The van der Waals surface area contributed by atoms with Crippen LogP contribution in [0.15, 0.2) is 41.2 Å². The molecule has 4 rings (SSSR count). The van der Waals surface area contributed by atoms with Crippen LogP contribution in [-0.2, 0) is 13.1 Å². The largest absolute Gasteiger partial charge is 0.492 e. The summed E-state index contributed by atoms with van der Waals surface area (Å²) in [5.41, 5.74) is 3.40. The number of hydrogen-bond acceptors (Lipinski definition) is 4. The Kier molecular flexibility index (Phi) is 5.09. The van der Waals surface area contributed by atoms with E-state index in [4.69, 9.17) is 9.15 Å². The molecule has 1 atom stereocenters. The monoisotopic (exact) mass is 341 g/mol. The Hall–Kier alpha value is -1.78. The fourth-order valence-corrected chi connectivity index (χ4v) is 4.15. The van der Waals surface area contributed by atoms with Gasteiger partial charge in [-0.25, -0.2) is 0 Å². The lowest BCUT2D eigenvalue weighted by Gasteiger charge is -2.27. The van der Waals surface area contributed by atoms with E-state index in [0.29, 0.717) is 12.5 Å². The third-order valence-corrected chi connectivity index (χ3v) is 5.57. The molecule has 1 aromatic carbocycles.